The maximum absolute atomic E-state index is 6.43. The van der Waals surface area contributed by atoms with Gasteiger partial charge in [0.05, 0.1) is 12.1 Å². The van der Waals surface area contributed by atoms with Gasteiger partial charge in [-0.15, -0.1) is 0 Å². The lowest BCUT2D eigenvalue weighted by Crippen LogP contribution is -2.41. The van der Waals surface area contributed by atoms with Gasteiger partial charge < -0.3 is 33.6 Å². The van der Waals surface area contributed by atoms with E-state index in [1.807, 2.05) is 67.0 Å². The summed E-state index contributed by atoms with van der Waals surface area (Å²) in [4.78, 5) is 9.78. The van der Waals surface area contributed by atoms with E-state index in [0.29, 0.717) is 18.3 Å². The summed E-state index contributed by atoms with van der Waals surface area (Å²) in [6.07, 6.45) is 8.32. The minimum absolute atomic E-state index is 0.0541. The first-order valence-electron chi connectivity index (χ1n) is 16.3. The lowest BCUT2D eigenvalue weighted by molar-refractivity contribution is 0.329. The van der Waals surface area contributed by atoms with E-state index in [9.17, 15) is 0 Å². The lowest BCUT2D eigenvalue weighted by Gasteiger charge is -2.30. The normalized spacial score (nSPS) is 18.2. The molecule has 0 amide bonds. The smallest absolute Gasteiger partial charge is 0.0652 e. The van der Waals surface area contributed by atoms with Crippen LogP contribution in [0.5, 0.6) is 0 Å². The Hall–Kier alpha value is -4.66. The van der Waals surface area contributed by atoms with Gasteiger partial charge in [-0.2, -0.15) is 0 Å². The maximum atomic E-state index is 6.43. The molecule has 1 aliphatic carbocycles. The number of hydrogen-bond donors (Lipinski definition) is 6. The van der Waals surface area contributed by atoms with E-state index in [-0.39, 0.29) is 18.1 Å². The van der Waals surface area contributed by atoms with Crippen molar-refractivity contribution in [2.24, 2.45) is 9.98 Å². The quantitative estimate of drug-likeness (QED) is 0.0825. The second-order valence-corrected chi connectivity index (χ2v) is 12.4. The molecule has 240 valence electrons. The zero-order valence-electron chi connectivity index (χ0n) is 27.0. The van der Waals surface area contributed by atoms with E-state index in [2.05, 4.69) is 54.8 Å². The molecule has 0 aromatic heterocycles. The maximum Gasteiger partial charge on any atom is 0.0652 e. The largest absolute Gasteiger partial charge is 0.398 e. The van der Waals surface area contributed by atoms with Crippen molar-refractivity contribution in [1.82, 2.24) is 10.6 Å². The van der Waals surface area contributed by atoms with E-state index < -0.39 is 0 Å². The van der Waals surface area contributed by atoms with Crippen LogP contribution in [0.15, 0.2) is 94.9 Å². The van der Waals surface area contributed by atoms with E-state index in [1.54, 1.807) is 0 Å². The predicted molar refractivity (Wildman–Crippen MR) is 196 cm³/mol. The summed E-state index contributed by atoms with van der Waals surface area (Å²) < 4.78 is 0. The predicted octanol–water partition coefficient (Wildman–Crippen LogP) is 6.19. The van der Waals surface area contributed by atoms with Crippen LogP contribution in [-0.2, 0) is 13.1 Å². The standard InChI is InChI=1S/C38H48N8/c1-25(43-21-29-9-3-5-11-33(29)39)26(2)44-23-31-19-27(15-17-35(31)41)28-16-18-36(42)32(20-28)24-46-38-14-8-7-13-37(38)45-22-30-10-4-6-12-34(30)40/h3-6,9-12,15-21,24-26,37-38,44-45H,7-8,13-14,22-23,39-42H2,1-2H3. The molecule has 46 heavy (non-hydrogen) atoms. The molecular weight excluding hydrogens is 568 g/mol. The van der Waals surface area contributed by atoms with Gasteiger partial charge in [-0.25, -0.2) is 0 Å². The summed E-state index contributed by atoms with van der Waals surface area (Å²) in [6, 6.07) is 28.8. The summed E-state index contributed by atoms with van der Waals surface area (Å²) in [5.74, 6) is 0. The van der Waals surface area contributed by atoms with Crippen LogP contribution in [0.4, 0.5) is 22.7 Å². The number of nitrogens with zero attached hydrogens (tertiary/aromatic N) is 2. The Labute approximate surface area is 273 Å². The Morgan fingerprint density at radius 2 is 1.35 bits per heavy atom. The molecule has 4 unspecified atom stereocenters. The van der Waals surface area contributed by atoms with Crippen molar-refractivity contribution < 1.29 is 0 Å². The van der Waals surface area contributed by atoms with Gasteiger partial charge in [0.25, 0.3) is 0 Å². The lowest BCUT2D eigenvalue weighted by atomic mass is 9.90. The summed E-state index contributed by atoms with van der Waals surface area (Å²) in [5, 5.41) is 7.31. The van der Waals surface area contributed by atoms with Gasteiger partial charge in [0.15, 0.2) is 0 Å². The summed E-state index contributed by atoms with van der Waals surface area (Å²) in [6.45, 7) is 5.59. The molecule has 0 saturated heterocycles. The molecule has 4 atom stereocenters. The third kappa shape index (κ3) is 8.53. The number of rotatable bonds is 12. The van der Waals surface area contributed by atoms with Crippen molar-refractivity contribution in [3.63, 3.8) is 0 Å². The van der Waals surface area contributed by atoms with Gasteiger partial charge in [-0.1, -0.05) is 61.4 Å². The van der Waals surface area contributed by atoms with Crippen LogP contribution in [-0.4, -0.2) is 36.6 Å². The van der Waals surface area contributed by atoms with Crippen molar-refractivity contribution in [1.29, 1.82) is 0 Å². The van der Waals surface area contributed by atoms with Crippen LogP contribution in [0.25, 0.3) is 11.1 Å². The molecule has 0 aliphatic heterocycles. The molecule has 1 saturated carbocycles. The van der Waals surface area contributed by atoms with Crippen LogP contribution in [0.1, 0.15) is 61.8 Å². The Bertz CT molecular complexity index is 1660. The van der Waals surface area contributed by atoms with Gasteiger partial charge in [0.1, 0.15) is 0 Å². The van der Waals surface area contributed by atoms with Gasteiger partial charge in [0, 0.05) is 71.5 Å². The van der Waals surface area contributed by atoms with Crippen LogP contribution in [0, 0.1) is 0 Å². The zero-order valence-corrected chi connectivity index (χ0v) is 27.0. The molecule has 0 heterocycles. The molecular formula is C38H48N8. The Morgan fingerprint density at radius 3 is 2.13 bits per heavy atom. The second-order valence-electron chi connectivity index (χ2n) is 12.4. The van der Waals surface area contributed by atoms with Gasteiger partial charge in [-0.05, 0) is 85.3 Å². The summed E-state index contributed by atoms with van der Waals surface area (Å²) in [7, 11) is 0. The average Bonchev–Trinajstić information content (AvgIpc) is 3.07. The van der Waals surface area contributed by atoms with Gasteiger partial charge in [-0.3, -0.25) is 9.98 Å². The number of hydrogen-bond acceptors (Lipinski definition) is 8. The fourth-order valence-corrected chi connectivity index (χ4v) is 5.84. The summed E-state index contributed by atoms with van der Waals surface area (Å²) >= 11 is 0. The fourth-order valence-electron chi connectivity index (χ4n) is 5.84. The fraction of sp³-hybridized carbons (Fsp3) is 0.316. The zero-order chi connectivity index (χ0) is 32.5. The van der Waals surface area contributed by atoms with Gasteiger partial charge in [0.2, 0.25) is 0 Å². The molecule has 4 aromatic rings. The highest BCUT2D eigenvalue weighted by molar-refractivity contribution is 5.90. The first-order chi connectivity index (χ1) is 22.3. The highest BCUT2D eigenvalue weighted by Gasteiger charge is 2.24. The molecule has 5 rings (SSSR count). The monoisotopic (exact) mass is 616 g/mol. The second kappa shape index (κ2) is 15.6. The molecule has 0 bridgehead atoms. The van der Waals surface area contributed by atoms with E-state index in [4.69, 9.17) is 32.9 Å². The number of benzene rings is 4. The summed E-state index contributed by atoms with van der Waals surface area (Å²) in [5.41, 5.74) is 34.2. The molecule has 8 heteroatoms. The Morgan fingerprint density at radius 1 is 0.696 bits per heavy atom. The number of anilines is 4. The molecule has 8 nitrogen and oxygen atoms in total. The first kappa shape index (κ1) is 32.7. The molecule has 0 radical (unpaired) electrons. The van der Waals surface area contributed by atoms with Crippen molar-refractivity contribution in [3.8, 4) is 11.1 Å². The highest BCUT2D eigenvalue weighted by atomic mass is 15.0. The van der Waals surface area contributed by atoms with Crippen LogP contribution >= 0.6 is 0 Å². The highest BCUT2D eigenvalue weighted by Crippen LogP contribution is 2.28. The number of nitrogens with two attached hydrogens (primary N) is 4. The Kier molecular flexibility index (Phi) is 11.1. The van der Waals surface area contributed by atoms with E-state index >= 15 is 0 Å². The number of nitrogen functional groups attached to an aromatic ring is 4. The van der Waals surface area contributed by atoms with E-state index in [0.717, 1.165) is 69.8 Å². The number of para-hydroxylation sites is 2. The Balaban J connectivity index is 1.24. The third-order valence-electron chi connectivity index (χ3n) is 9.09. The van der Waals surface area contributed by atoms with Crippen LogP contribution in [0.3, 0.4) is 0 Å². The molecule has 4 aromatic carbocycles. The third-order valence-corrected chi connectivity index (χ3v) is 9.09. The van der Waals surface area contributed by atoms with Gasteiger partial charge >= 0.3 is 0 Å². The van der Waals surface area contributed by atoms with Crippen molar-refractivity contribution in [2.75, 3.05) is 22.9 Å². The minimum Gasteiger partial charge on any atom is -0.398 e. The van der Waals surface area contributed by atoms with Crippen molar-refractivity contribution in [3.05, 3.63) is 107 Å². The molecule has 0 spiro atoms. The SMILES string of the molecule is CC(N=Cc1ccccc1N)C(C)NCc1cc(-c2ccc(N)c(C=NC3CCCCC3NCc3ccccc3N)c2)ccc1N. The molecule has 1 fully saturated rings. The van der Waals surface area contributed by atoms with E-state index in [1.165, 1.54) is 12.8 Å². The molecule has 1 aliphatic rings. The van der Waals surface area contributed by atoms with Crippen LogP contribution in [0.2, 0.25) is 0 Å². The average molecular weight is 617 g/mol. The topological polar surface area (TPSA) is 153 Å². The van der Waals surface area contributed by atoms with Crippen molar-refractivity contribution in [2.45, 2.75) is 76.8 Å². The first-order valence-corrected chi connectivity index (χ1v) is 16.3. The number of aliphatic imine (C=N–C) groups is 2. The van der Waals surface area contributed by atoms with Crippen molar-refractivity contribution >= 4 is 35.2 Å². The van der Waals surface area contributed by atoms with Crippen LogP contribution < -0.4 is 33.6 Å². The molecule has 10 N–H and O–H groups in total. The minimum atomic E-state index is 0.0541. The number of nitrogens with one attached hydrogen (secondary N) is 2.